The predicted octanol–water partition coefficient (Wildman–Crippen LogP) is 1.34. The van der Waals surface area contributed by atoms with Gasteiger partial charge >= 0.3 is 10.3 Å². The van der Waals surface area contributed by atoms with Crippen molar-refractivity contribution >= 4 is 10.3 Å². The molecule has 3 rings (SSSR count). The summed E-state index contributed by atoms with van der Waals surface area (Å²) in [5.41, 5.74) is 0.816. The van der Waals surface area contributed by atoms with Gasteiger partial charge in [-0.05, 0) is 12.1 Å². The Morgan fingerprint density at radius 2 is 1.81 bits per heavy atom. The Balaban J connectivity index is 1.79. The summed E-state index contributed by atoms with van der Waals surface area (Å²) in [6.45, 7) is 2.57. The average molecular weight is 387 g/mol. The van der Waals surface area contributed by atoms with Crippen molar-refractivity contribution in [3.63, 3.8) is 0 Å². The van der Waals surface area contributed by atoms with E-state index < -0.39 is 28.8 Å². The van der Waals surface area contributed by atoms with E-state index in [0.29, 0.717) is 13.2 Å². The van der Waals surface area contributed by atoms with Gasteiger partial charge in [-0.25, -0.2) is 0 Å². The number of methoxy groups -OCH3 is 1. The van der Waals surface area contributed by atoms with Gasteiger partial charge in [0, 0.05) is 25.6 Å². The van der Waals surface area contributed by atoms with Gasteiger partial charge in [0.15, 0.2) is 6.29 Å². The number of hydrogen-bond donors (Lipinski definition) is 0. The van der Waals surface area contributed by atoms with E-state index in [4.69, 9.17) is 23.1 Å². The molecule has 2 aliphatic heterocycles. The molecular formula is C17H25NO7S. The van der Waals surface area contributed by atoms with Crippen LogP contribution in [0.4, 0.5) is 0 Å². The largest absolute Gasteiger partial charge is 0.497 e. The van der Waals surface area contributed by atoms with E-state index in [1.165, 1.54) is 14.1 Å². The zero-order valence-electron chi connectivity index (χ0n) is 15.3. The summed E-state index contributed by atoms with van der Waals surface area (Å²) in [5.74, 6) is 0.593. The fraction of sp³-hybridized carbons (Fsp3) is 0.647. The standard InChI is InChI=1S/C17H25NO7S/c1-11-9-22-14-10-23-17(12-5-7-13(21-4)8-6-12)24-16(14)15(11)25-26(19,20)18(2)3/h5-8,11,14-17H,9-10H2,1-4H3/t11?,14?,15?,16-,17?/m1/s1. The van der Waals surface area contributed by atoms with E-state index >= 15 is 0 Å². The molecule has 2 fully saturated rings. The maximum absolute atomic E-state index is 12.2. The Kier molecular flexibility index (Phi) is 5.85. The highest BCUT2D eigenvalue weighted by molar-refractivity contribution is 7.84. The van der Waals surface area contributed by atoms with Crippen molar-refractivity contribution in [1.29, 1.82) is 0 Å². The van der Waals surface area contributed by atoms with E-state index in [2.05, 4.69) is 0 Å². The van der Waals surface area contributed by atoms with E-state index in [1.807, 2.05) is 31.2 Å². The Labute approximate surface area is 154 Å². The molecule has 0 bridgehead atoms. The topological polar surface area (TPSA) is 83.5 Å². The third-order valence-electron chi connectivity index (χ3n) is 4.58. The molecule has 0 aromatic heterocycles. The van der Waals surface area contributed by atoms with Gasteiger partial charge < -0.3 is 18.9 Å². The van der Waals surface area contributed by atoms with Crippen molar-refractivity contribution in [2.24, 2.45) is 5.92 Å². The smallest absolute Gasteiger partial charge is 0.338 e. The van der Waals surface area contributed by atoms with Crippen molar-refractivity contribution in [3.05, 3.63) is 29.8 Å². The van der Waals surface area contributed by atoms with Crippen LogP contribution in [0.5, 0.6) is 5.75 Å². The summed E-state index contributed by atoms with van der Waals surface area (Å²) >= 11 is 0. The van der Waals surface area contributed by atoms with Crippen LogP contribution < -0.4 is 4.74 Å². The third kappa shape index (κ3) is 4.03. The quantitative estimate of drug-likeness (QED) is 0.754. The summed E-state index contributed by atoms with van der Waals surface area (Å²) in [6.07, 6.45) is -2.19. The van der Waals surface area contributed by atoms with Crippen molar-refractivity contribution in [3.8, 4) is 5.75 Å². The van der Waals surface area contributed by atoms with Gasteiger partial charge in [0.2, 0.25) is 0 Å². The summed E-state index contributed by atoms with van der Waals surface area (Å²) in [4.78, 5) is 0. The van der Waals surface area contributed by atoms with Crippen molar-refractivity contribution in [2.45, 2.75) is 31.5 Å². The van der Waals surface area contributed by atoms with Crippen molar-refractivity contribution in [1.82, 2.24) is 4.31 Å². The first-order valence-corrected chi connectivity index (χ1v) is 9.81. The van der Waals surface area contributed by atoms with Crippen LogP contribution in [-0.4, -0.2) is 65.5 Å². The molecule has 4 unspecified atom stereocenters. The van der Waals surface area contributed by atoms with Crippen LogP contribution >= 0.6 is 0 Å². The predicted molar refractivity (Wildman–Crippen MR) is 92.9 cm³/mol. The van der Waals surface area contributed by atoms with Crippen LogP contribution in [0.2, 0.25) is 0 Å². The fourth-order valence-corrected chi connectivity index (χ4v) is 3.74. The lowest BCUT2D eigenvalue weighted by Crippen LogP contribution is -2.57. The lowest BCUT2D eigenvalue weighted by atomic mass is 9.93. The lowest BCUT2D eigenvalue weighted by Gasteiger charge is -2.45. The van der Waals surface area contributed by atoms with Crippen molar-refractivity contribution < 1.29 is 31.5 Å². The molecular weight excluding hydrogens is 362 g/mol. The summed E-state index contributed by atoms with van der Waals surface area (Å²) in [7, 11) is 0.631. The fourth-order valence-electron chi connectivity index (χ4n) is 2.98. The number of ether oxygens (including phenoxy) is 4. The maximum atomic E-state index is 12.2. The molecule has 0 spiro atoms. The zero-order chi connectivity index (χ0) is 18.9. The first-order valence-electron chi connectivity index (χ1n) is 8.45. The normalized spacial score (nSPS) is 32.3. The zero-order valence-corrected chi connectivity index (χ0v) is 16.1. The molecule has 26 heavy (non-hydrogen) atoms. The molecule has 2 saturated heterocycles. The molecule has 5 atom stereocenters. The highest BCUT2D eigenvalue weighted by atomic mass is 32.2. The molecule has 1 aromatic rings. The average Bonchev–Trinajstić information content (AvgIpc) is 2.63. The Hall–Kier alpha value is -1.23. The molecule has 0 aliphatic carbocycles. The second-order valence-corrected chi connectivity index (χ2v) is 8.47. The van der Waals surface area contributed by atoms with Crippen LogP contribution in [0.25, 0.3) is 0 Å². The van der Waals surface area contributed by atoms with Crippen LogP contribution in [0.1, 0.15) is 18.8 Å². The number of benzene rings is 1. The molecule has 1 aromatic carbocycles. The number of nitrogens with zero attached hydrogens (tertiary/aromatic N) is 1. The SMILES string of the molecule is COc1ccc(C2OCC3OCC(C)C(OS(=O)(=O)N(C)C)[C@@H]3O2)cc1. The van der Waals surface area contributed by atoms with Gasteiger partial charge in [-0.1, -0.05) is 19.1 Å². The minimum atomic E-state index is -3.83. The monoisotopic (exact) mass is 387 g/mol. The molecule has 8 nitrogen and oxygen atoms in total. The Morgan fingerprint density at radius 1 is 1.12 bits per heavy atom. The Bertz CT molecular complexity index is 706. The highest BCUT2D eigenvalue weighted by Gasteiger charge is 2.47. The molecule has 146 valence electrons. The van der Waals surface area contributed by atoms with Gasteiger partial charge in [0.05, 0.1) is 20.3 Å². The maximum Gasteiger partial charge on any atom is 0.338 e. The molecule has 2 aliphatic rings. The van der Waals surface area contributed by atoms with Gasteiger partial charge in [-0.2, -0.15) is 12.7 Å². The highest BCUT2D eigenvalue weighted by Crippen LogP contribution is 2.36. The van der Waals surface area contributed by atoms with Crippen LogP contribution in [0.3, 0.4) is 0 Å². The van der Waals surface area contributed by atoms with Crippen LogP contribution in [0, 0.1) is 5.92 Å². The van der Waals surface area contributed by atoms with Crippen molar-refractivity contribution in [2.75, 3.05) is 34.4 Å². The molecule has 0 amide bonds. The number of fused-ring (bicyclic) bond motifs is 1. The second kappa shape index (κ2) is 7.79. The first kappa shape index (κ1) is 19.5. The first-order chi connectivity index (χ1) is 12.3. The summed E-state index contributed by atoms with van der Waals surface area (Å²) in [5, 5.41) is 0. The van der Waals surface area contributed by atoms with Crippen LogP contribution in [0.15, 0.2) is 24.3 Å². The molecule has 9 heteroatoms. The van der Waals surface area contributed by atoms with Gasteiger partial charge in [0.1, 0.15) is 24.1 Å². The van der Waals surface area contributed by atoms with E-state index in [1.54, 1.807) is 7.11 Å². The molecule has 0 saturated carbocycles. The lowest BCUT2D eigenvalue weighted by molar-refractivity contribution is -0.304. The van der Waals surface area contributed by atoms with E-state index in [9.17, 15) is 8.42 Å². The Morgan fingerprint density at radius 3 is 2.42 bits per heavy atom. The van der Waals surface area contributed by atoms with Gasteiger partial charge in [-0.3, -0.25) is 4.18 Å². The molecule has 0 radical (unpaired) electrons. The third-order valence-corrected chi connectivity index (χ3v) is 5.94. The number of rotatable bonds is 5. The summed E-state index contributed by atoms with van der Waals surface area (Å²) < 4.78 is 53.7. The molecule has 0 N–H and O–H groups in total. The minimum absolute atomic E-state index is 0.138. The molecule has 2 heterocycles. The minimum Gasteiger partial charge on any atom is -0.497 e. The van der Waals surface area contributed by atoms with Gasteiger partial charge in [-0.15, -0.1) is 0 Å². The van der Waals surface area contributed by atoms with Crippen LogP contribution in [-0.2, 0) is 28.7 Å². The van der Waals surface area contributed by atoms with E-state index in [-0.39, 0.29) is 12.0 Å². The second-order valence-electron chi connectivity index (χ2n) is 6.69. The van der Waals surface area contributed by atoms with Gasteiger partial charge in [0.25, 0.3) is 0 Å². The number of hydrogen-bond acceptors (Lipinski definition) is 7. The van der Waals surface area contributed by atoms with E-state index in [0.717, 1.165) is 15.6 Å². The summed E-state index contributed by atoms with van der Waals surface area (Å²) in [6, 6.07) is 7.34.